The smallest absolute Gasteiger partial charge is 0.224 e. The van der Waals surface area contributed by atoms with Gasteiger partial charge in [0.1, 0.15) is 5.58 Å². The van der Waals surface area contributed by atoms with E-state index in [9.17, 15) is 4.79 Å². The van der Waals surface area contributed by atoms with Crippen LogP contribution in [0.5, 0.6) is 0 Å². The molecule has 24 heavy (non-hydrogen) atoms. The number of fused-ring (bicyclic) bond motifs is 1. The van der Waals surface area contributed by atoms with Crippen LogP contribution in [0, 0.1) is 0 Å². The maximum atomic E-state index is 12.3. The molecule has 3 aromatic rings. The Bertz CT molecular complexity index is 841. The highest BCUT2D eigenvalue weighted by Gasteiger charge is 2.17. The number of furan rings is 1. The first kappa shape index (κ1) is 16.3. The first-order valence-corrected chi connectivity index (χ1v) is 8.25. The van der Waals surface area contributed by atoms with Gasteiger partial charge in [0.05, 0.1) is 12.7 Å². The molecule has 1 amide bonds. The van der Waals surface area contributed by atoms with Crippen LogP contribution in [0.15, 0.2) is 59.2 Å². The van der Waals surface area contributed by atoms with Crippen LogP contribution < -0.4 is 5.32 Å². The number of carbonyl (C=O) groups is 1. The van der Waals surface area contributed by atoms with Gasteiger partial charge in [0, 0.05) is 17.5 Å². The number of nitrogens with one attached hydrogen (secondary N) is 1. The average Bonchev–Trinajstić information content (AvgIpc) is 2.95. The molecule has 1 aromatic heterocycles. The molecule has 3 rings (SSSR count). The van der Waals surface area contributed by atoms with E-state index in [4.69, 9.17) is 4.42 Å². The fraction of sp³-hybridized carbons (Fsp3) is 0.286. The van der Waals surface area contributed by atoms with Gasteiger partial charge in [-0.3, -0.25) is 4.79 Å². The van der Waals surface area contributed by atoms with Crippen molar-refractivity contribution in [3.63, 3.8) is 0 Å². The Labute approximate surface area is 142 Å². The summed E-state index contributed by atoms with van der Waals surface area (Å²) in [4.78, 5) is 12.3. The fourth-order valence-electron chi connectivity index (χ4n) is 2.72. The predicted molar refractivity (Wildman–Crippen MR) is 96.9 cm³/mol. The van der Waals surface area contributed by atoms with E-state index in [1.54, 1.807) is 6.26 Å². The lowest BCUT2D eigenvalue weighted by atomic mass is 9.86. The molecular weight excluding hydrogens is 298 g/mol. The summed E-state index contributed by atoms with van der Waals surface area (Å²) in [5.41, 5.74) is 4.16. The van der Waals surface area contributed by atoms with Crippen molar-refractivity contribution in [1.29, 1.82) is 0 Å². The fourth-order valence-corrected chi connectivity index (χ4v) is 2.72. The molecule has 0 radical (unpaired) electrons. The first-order valence-electron chi connectivity index (χ1n) is 8.25. The molecule has 3 heteroatoms. The Kier molecular flexibility index (Phi) is 4.43. The topological polar surface area (TPSA) is 42.2 Å². The minimum atomic E-state index is 0.00251. The summed E-state index contributed by atoms with van der Waals surface area (Å²) >= 11 is 0. The van der Waals surface area contributed by atoms with Crippen molar-refractivity contribution in [2.45, 2.75) is 39.2 Å². The Morgan fingerprint density at radius 2 is 1.83 bits per heavy atom. The minimum Gasteiger partial charge on any atom is -0.464 e. The van der Waals surface area contributed by atoms with E-state index in [1.807, 2.05) is 36.4 Å². The molecule has 1 N–H and O–H groups in total. The lowest BCUT2D eigenvalue weighted by molar-refractivity contribution is -0.120. The van der Waals surface area contributed by atoms with Crippen LogP contribution in [0.2, 0.25) is 0 Å². The quantitative estimate of drug-likeness (QED) is 0.763. The van der Waals surface area contributed by atoms with Crippen LogP contribution in [-0.4, -0.2) is 5.91 Å². The van der Waals surface area contributed by atoms with Crippen molar-refractivity contribution in [3.8, 4) is 0 Å². The Morgan fingerprint density at radius 1 is 1.08 bits per heavy atom. The Balaban J connectivity index is 1.73. The molecule has 3 nitrogen and oxygen atoms in total. The number of hydrogen-bond donors (Lipinski definition) is 1. The van der Waals surface area contributed by atoms with Crippen molar-refractivity contribution in [3.05, 3.63) is 71.5 Å². The molecule has 124 valence electrons. The normalized spacial score (nSPS) is 11.6. The second kappa shape index (κ2) is 6.52. The van der Waals surface area contributed by atoms with Gasteiger partial charge in [0.25, 0.3) is 0 Å². The SMILES string of the molecule is CC(C)(C)c1ccc2occ(CC(=O)NCc3ccccc3)c2c1. The van der Waals surface area contributed by atoms with E-state index in [1.165, 1.54) is 5.56 Å². The monoisotopic (exact) mass is 321 g/mol. The maximum absolute atomic E-state index is 12.3. The number of benzene rings is 2. The van der Waals surface area contributed by atoms with Crippen LogP contribution in [0.4, 0.5) is 0 Å². The standard InChI is InChI=1S/C21H23NO2/c1-21(2,3)17-9-10-19-18(12-17)16(14-24-19)11-20(23)22-13-15-7-5-4-6-8-15/h4-10,12,14H,11,13H2,1-3H3,(H,22,23). The molecule has 0 unspecified atom stereocenters. The van der Waals surface area contributed by atoms with Gasteiger partial charge < -0.3 is 9.73 Å². The van der Waals surface area contributed by atoms with Gasteiger partial charge in [-0.25, -0.2) is 0 Å². The second-order valence-electron chi connectivity index (χ2n) is 7.16. The van der Waals surface area contributed by atoms with Crippen molar-refractivity contribution < 1.29 is 9.21 Å². The van der Waals surface area contributed by atoms with Gasteiger partial charge in [0.15, 0.2) is 0 Å². The van der Waals surface area contributed by atoms with Gasteiger partial charge in [-0.2, -0.15) is 0 Å². The molecule has 0 spiro atoms. The molecule has 0 aliphatic rings. The third-order valence-electron chi connectivity index (χ3n) is 4.20. The third kappa shape index (κ3) is 3.67. The zero-order chi connectivity index (χ0) is 17.2. The van der Waals surface area contributed by atoms with Crippen LogP contribution in [0.25, 0.3) is 11.0 Å². The molecular formula is C21H23NO2. The van der Waals surface area contributed by atoms with E-state index in [2.05, 4.69) is 38.2 Å². The summed E-state index contributed by atoms with van der Waals surface area (Å²) < 4.78 is 5.60. The number of carbonyl (C=O) groups excluding carboxylic acids is 1. The number of hydrogen-bond acceptors (Lipinski definition) is 2. The largest absolute Gasteiger partial charge is 0.464 e. The third-order valence-corrected chi connectivity index (χ3v) is 4.20. The lowest BCUT2D eigenvalue weighted by Gasteiger charge is -2.18. The minimum absolute atomic E-state index is 0.00251. The van der Waals surface area contributed by atoms with E-state index >= 15 is 0 Å². The van der Waals surface area contributed by atoms with Crippen LogP contribution in [0.3, 0.4) is 0 Å². The van der Waals surface area contributed by atoms with Crippen LogP contribution in [-0.2, 0) is 23.2 Å². The summed E-state index contributed by atoms with van der Waals surface area (Å²) in [6.07, 6.45) is 2.02. The van der Waals surface area contributed by atoms with Crippen molar-refractivity contribution >= 4 is 16.9 Å². The molecule has 0 bridgehead atoms. The highest BCUT2D eigenvalue weighted by molar-refractivity contribution is 5.88. The lowest BCUT2D eigenvalue weighted by Crippen LogP contribution is -2.24. The average molecular weight is 321 g/mol. The molecule has 0 fully saturated rings. The highest BCUT2D eigenvalue weighted by Crippen LogP contribution is 2.29. The zero-order valence-corrected chi connectivity index (χ0v) is 14.4. The molecule has 0 aliphatic carbocycles. The van der Waals surface area contributed by atoms with Gasteiger partial charge >= 0.3 is 0 Å². The molecule has 1 heterocycles. The van der Waals surface area contributed by atoms with E-state index in [0.29, 0.717) is 13.0 Å². The van der Waals surface area contributed by atoms with Crippen molar-refractivity contribution in [2.75, 3.05) is 0 Å². The second-order valence-corrected chi connectivity index (χ2v) is 7.16. The van der Waals surface area contributed by atoms with Gasteiger partial charge in [0.2, 0.25) is 5.91 Å². The van der Waals surface area contributed by atoms with E-state index in [0.717, 1.165) is 22.1 Å². The molecule has 2 aromatic carbocycles. The summed E-state index contributed by atoms with van der Waals surface area (Å²) in [6, 6.07) is 16.1. The summed E-state index contributed by atoms with van der Waals surface area (Å²) in [5.74, 6) is 0.00251. The van der Waals surface area contributed by atoms with Gasteiger partial charge in [-0.05, 0) is 28.7 Å². The summed E-state index contributed by atoms with van der Waals surface area (Å²) in [7, 11) is 0. The van der Waals surface area contributed by atoms with Crippen molar-refractivity contribution in [1.82, 2.24) is 5.32 Å². The highest BCUT2D eigenvalue weighted by atomic mass is 16.3. The Morgan fingerprint density at radius 3 is 2.54 bits per heavy atom. The predicted octanol–water partition coefficient (Wildman–Crippen LogP) is 4.59. The Hall–Kier alpha value is -2.55. The van der Waals surface area contributed by atoms with E-state index in [-0.39, 0.29) is 11.3 Å². The summed E-state index contributed by atoms with van der Waals surface area (Å²) in [6.45, 7) is 7.09. The number of rotatable bonds is 4. The van der Waals surface area contributed by atoms with Gasteiger partial charge in [-0.15, -0.1) is 0 Å². The summed E-state index contributed by atoms with van der Waals surface area (Å²) in [5, 5.41) is 3.99. The maximum Gasteiger partial charge on any atom is 0.224 e. The first-order chi connectivity index (χ1) is 11.4. The molecule has 0 aliphatic heterocycles. The van der Waals surface area contributed by atoms with Crippen LogP contribution in [0.1, 0.15) is 37.5 Å². The van der Waals surface area contributed by atoms with Gasteiger partial charge in [-0.1, -0.05) is 57.2 Å². The van der Waals surface area contributed by atoms with Crippen molar-refractivity contribution in [2.24, 2.45) is 0 Å². The van der Waals surface area contributed by atoms with E-state index < -0.39 is 0 Å². The molecule has 0 saturated carbocycles. The molecule has 0 saturated heterocycles. The molecule has 0 atom stereocenters. The van der Waals surface area contributed by atoms with Crippen LogP contribution >= 0.6 is 0 Å². The zero-order valence-electron chi connectivity index (χ0n) is 14.4. The number of amides is 1.